The first-order valence-corrected chi connectivity index (χ1v) is 7.92. The fourth-order valence-corrected chi connectivity index (χ4v) is 3.09. The van der Waals surface area contributed by atoms with Crippen molar-refractivity contribution in [3.05, 3.63) is 47.0 Å². The second-order valence-electron chi connectivity index (χ2n) is 4.42. The molecular weight excluding hydrogens is 312 g/mol. The molecule has 0 saturated heterocycles. The summed E-state index contributed by atoms with van der Waals surface area (Å²) in [6.45, 7) is 1.74. The Morgan fingerprint density at radius 3 is 2.62 bits per heavy atom. The number of nitrogens with one attached hydrogen (secondary N) is 1. The zero-order valence-electron chi connectivity index (χ0n) is 11.6. The van der Waals surface area contributed by atoms with Gasteiger partial charge in [-0.15, -0.1) is 0 Å². The van der Waals surface area contributed by atoms with Crippen LogP contribution in [0.25, 0.3) is 0 Å². The number of methoxy groups -OCH3 is 1. The van der Waals surface area contributed by atoms with Crippen LogP contribution in [0.3, 0.4) is 0 Å². The highest BCUT2D eigenvalue weighted by Crippen LogP contribution is 2.28. The first-order valence-electron chi connectivity index (χ1n) is 6.06. The Kier molecular flexibility index (Phi) is 4.29. The minimum absolute atomic E-state index is 0.0629. The summed E-state index contributed by atoms with van der Waals surface area (Å²) in [6, 6.07) is 9.29. The van der Waals surface area contributed by atoms with Gasteiger partial charge in [-0.3, -0.25) is 4.72 Å². The molecule has 0 saturated carbocycles. The highest BCUT2D eigenvalue weighted by Gasteiger charge is 2.17. The smallest absolute Gasteiger partial charge is 0.262 e. The predicted octanol–water partition coefficient (Wildman–Crippen LogP) is 3.04. The number of hydrogen-bond donors (Lipinski definition) is 2. The minimum atomic E-state index is -3.75. The molecule has 0 unspecified atom stereocenters. The lowest BCUT2D eigenvalue weighted by Gasteiger charge is -2.12. The van der Waals surface area contributed by atoms with E-state index in [1.54, 1.807) is 25.1 Å². The normalized spacial score (nSPS) is 11.2. The summed E-state index contributed by atoms with van der Waals surface area (Å²) in [6.07, 6.45) is 0. The Balaban J connectivity index is 2.41. The van der Waals surface area contributed by atoms with Crippen molar-refractivity contribution in [3.8, 4) is 5.75 Å². The van der Waals surface area contributed by atoms with Gasteiger partial charge >= 0.3 is 0 Å². The summed E-state index contributed by atoms with van der Waals surface area (Å²) < 4.78 is 32.3. The molecule has 0 heterocycles. The van der Waals surface area contributed by atoms with E-state index >= 15 is 0 Å². The molecule has 5 nitrogen and oxygen atoms in total. The van der Waals surface area contributed by atoms with E-state index in [9.17, 15) is 8.42 Å². The first-order chi connectivity index (χ1) is 9.85. The van der Waals surface area contributed by atoms with Gasteiger partial charge in [0.15, 0.2) is 0 Å². The summed E-state index contributed by atoms with van der Waals surface area (Å²) in [7, 11) is -2.32. The van der Waals surface area contributed by atoms with Crippen molar-refractivity contribution < 1.29 is 13.2 Å². The number of benzene rings is 2. The van der Waals surface area contributed by atoms with Gasteiger partial charge in [-0.2, -0.15) is 0 Å². The van der Waals surface area contributed by atoms with Gasteiger partial charge in [0.05, 0.1) is 23.4 Å². The lowest BCUT2D eigenvalue weighted by Crippen LogP contribution is -2.14. The van der Waals surface area contributed by atoms with Gasteiger partial charge in [-0.25, -0.2) is 8.42 Å². The molecule has 2 rings (SSSR count). The molecule has 0 spiro atoms. The van der Waals surface area contributed by atoms with Crippen LogP contribution < -0.4 is 15.2 Å². The van der Waals surface area contributed by atoms with Crippen molar-refractivity contribution in [2.45, 2.75) is 11.8 Å². The zero-order chi connectivity index (χ0) is 15.6. The van der Waals surface area contributed by atoms with Crippen LogP contribution in [0.15, 0.2) is 41.3 Å². The van der Waals surface area contributed by atoms with E-state index in [0.29, 0.717) is 27.7 Å². The van der Waals surface area contributed by atoms with E-state index in [-0.39, 0.29) is 4.90 Å². The third-order valence-electron chi connectivity index (χ3n) is 3.03. The number of nitrogen functional groups attached to an aromatic ring is 1. The topological polar surface area (TPSA) is 81.4 Å². The van der Waals surface area contributed by atoms with E-state index in [1.807, 2.05) is 0 Å². The van der Waals surface area contributed by atoms with Crippen LogP contribution in [0.5, 0.6) is 5.75 Å². The Labute approximate surface area is 128 Å². The van der Waals surface area contributed by atoms with Gasteiger partial charge < -0.3 is 10.5 Å². The van der Waals surface area contributed by atoms with E-state index in [4.69, 9.17) is 22.1 Å². The molecule has 0 bridgehead atoms. The number of hydrogen-bond acceptors (Lipinski definition) is 4. The molecule has 0 aliphatic rings. The van der Waals surface area contributed by atoms with Crippen molar-refractivity contribution >= 4 is 33.0 Å². The second kappa shape index (κ2) is 5.83. The van der Waals surface area contributed by atoms with Crippen molar-refractivity contribution in [1.82, 2.24) is 0 Å². The summed E-state index contributed by atoms with van der Waals surface area (Å²) in [5, 5.41) is 0.491. The van der Waals surface area contributed by atoms with E-state index in [2.05, 4.69) is 4.72 Å². The van der Waals surface area contributed by atoms with Gasteiger partial charge in [0.1, 0.15) is 5.75 Å². The third kappa shape index (κ3) is 3.22. The molecule has 0 aromatic heterocycles. The van der Waals surface area contributed by atoms with Crippen LogP contribution in [-0.2, 0) is 10.0 Å². The van der Waals surface area contributed by atoms with E-state index < -0.39 is 10.0 Å². The Morgan fingerprint density at radius 1 is 1.24 bits per heavy atom. The quantitative estimate of drug-likeness (QED) is 0.846. The summed E-state index contributed by atoms with van der Waals surface area (Å²) in [4.78, 5) is 0.0629. The van der Waals surface area contributed by atoms with Crippen LogP contribution in [0.2, 0.25) is 5.02 Å². The Hall–Kier alpha value is -1.92. The van der Waals surface area contributed by atoms with Crippen LogP contribution in [0.1, 0.15) is 5.56 Å². The van der Waals surface area contributed by atoms with E-state index in [1.165, 1.54) is 25.3 Å². The van der Waals surface area contributed by atoms with Crippen molar-refractivity contribution in [3.63, 3.8) is 0 Å². The Bertz CT molecular complexity index is 776. The summed E-state index contributed by atoms with van der Waals surface area (Å²) in [5.41, 5.74) is 7.14. The number of anilines is 2. The molecule has 2 aromatic rings. The molecule has 0 radical (unpaired) electrons. The van der Waals surface area contributed by atoms with Gasteiger partial charge in [0.2, 0.25) is 0 Å². The fraction of sp³-hybridized carbons (Fsp3) is 0.143. The van der Waals surface area contributed by atoms with Crippen LogP contribution >= 0.6 is 11.6 Å². The van der Waals surface area contributed by atoms with Crippen LogP contribution in [0.4, 0.5) is 11.4 Å². The van der Waals surface area contributed by atoms with Gasteiger partial charge in [-0.1, -0.05) is 17.7 Å². The number of nitrogens with two attached hydrogens (primary N) is 1. The average molecular weight is 327 g/mol. The largest absolute Gasteiger partial charge is 0.495 e. The monoisotopic (exact) mass is 326 g/mol. The lowest BCUT2D eigenvalue weighted by molar-refractivity contribution is 0.415. The lowest BCUT2D eigenvalue weighted by atomic mass is 10.2. The van der Waals surface area contributed by atoms with Crippen molar-refractivity contribution in [1.29, 1.82) is 0 Å². The molecule has 0 aliphatic carbocycles. The molecule has 0 fully saturated rings. The SMILES string of the molecule is COc1cc(S(=O)(=O)Nc2cccc(Cl)c2C)ccc1N. The molecular formula is C14H15ClN2O3S. The third-order valence-corrected chi connectivity index (χ3v) is 4.80. The van der Waals surface area contributed by atoms with Crippen LogP contribution in [0, 0.1) is 6.92 Å². The maximum absolute atomic E-state index is 12.4. The Morgan fingerprint density at radius 2 is 1.95 bits per heavy atom. The standard InChI is InChI=1S/C14H15ClN2O3S/c1-9-11(15)4-3-5-13(9)17-21(18,19)10-6-7-12(16)14(8-10)20-2/h3-8,17H,16H2,1-2H3. The highest BCUT2D eigenvalue weighted by molar-refractivity contribution is 7.92. The molecule has 0 aliphatic heterocycles. The number of ether oxygens (including phenoxy) is 1. The average Bonchev–Trinajstić information content (AvgIpc) is 2.44. The molecule has 21 heavy (non-hydrogen) atoms. The molecule has 2 aromatic carbocycles. The first kappa shape index (κ1) is 15.5. The molecule has 0 atom stereocenters. The summed E-state index contributed by atoms with van der Waals surface area (Å²) >= 11 is 5.99. The predicted molar refractivity (Wildman–Crippen MR) is 84.4 cm³/mol. The van der Waals surface area contributed by atoms with Crippen LogP contribution in [-0.4, -0.2) is 15.5 Å². The number of rotatable bonds is 4. The maximum Gasteiger partial charge on any atom is 0.262 e. The number of halogens is 1. The van der Waals surface area contributed by atoms with Gasteiger partial charge in [0, 0.05) is 11.1 Å². The van der Waals surface area contributed by atoms with Gasteiger partial charge in [-0.05, 0) is 36.8 Å². The highest BCUT2D eigenvalue weighted by atomic mass is 35.5. The molecule has 7 heteroatoms. The second-order valence-corrected chi connectivity index (χ2v) is 6.51. The molecule has 3 N–H and O–H groups in total. The van der Waals surface area contributed by atoms with E-state index in [0.717, 1.165) is 0 Å². The van der Waals surface area contributed by atoms with Crippen molar-refractivity contribution in [2.75, 3.05) is 17.6 Å². The zero-order valence-corrected chi connectivity index (χ0v) is 13.1. The fourth-order valence-electron chi connectivity index (χ4n) is 1.78. The molecule has 0 amide bonds. The number of sulfonamides is 1. The minimum Gasteiger partial charge on any atom is -0.495 e. The van der Waals surface area contributed by atoms with Crippen molar-refractivity contribution in [2.24, 2.45) is 0 Å². The van der Waals surface area contributed by atoms with Gasteiger partial charge in [0.25, 0.3) is 10.0 Å². The molecule has 112 valence electrons. The maximum atomic E-state index is 12.4. The summed E-state index contributed by atoms with van der Waals surface area (Å²) in [5.74, 6) is 0.306.